The Bertz CT molecular complexity index is 783. The van der Waals surface area contributed by atoms with Crippen LogP contribution in [0.2, 0.25) is 0 Å². The van der Waals surface area contributed by atoms with Gasteiger partial charge in [-0.1, -0.05) is 35.9 Å². The fraction of sp³-hybridized carbons (Fsp3) is 0.391. The van der Waals surface area contributed by atoms with Crippen LogP contribution in [-0.2, 0) is 16.0 Å². The summed E-state index contributed by atoms with van der Waals surface area (Å²) in [5.74, 6) is 0.839. The van der Waals surface area contributed by atoms with E-state index < -0.39 is 5.60 Å². The van der Waals surface area contributed by atoms with Crippen LogP contribution in [-0.4, -0.2) is 25.4 Å². The van der Waals surface area contributed by atoms with Crippen LogP contribution in [0.1, 0.15) is 36.6 Å². The van der Waals surface area contributed by atoms with Crippen LogP contribution in [0.25, 0.3) is 0 Å². The summed E-state index contributed by atoms with van der Waals surface area (Å²) < 4.78 is 18.1. The maximum absolute atomic E-state index is 6.22. The fourth-order valence-corrected chi connectivity index (χ4v) is 3.46. The minimum Gasteiger partial charge on any atom is -0.485 e. The van der Waals surface area contributed by atoms with Crippen molar-refractivity contribution in [3.05, 3.63) is 71.8 Å². The molecule has 0 aliphatic carbocycles. The molecule has 3 rings (SSSR count). The van der Waals surface area contributed by atoms with Gasteiger partial charge in [-0.05, 0) is 44.5 Å². The van der Waals surface area contributed by atoms with E-state index in [-0.39, 0.29) is 12.2 Å². The number of nitrogens with one attached hydrogen (secondary N) is 1. The minimum atomic E-state index is -0.493. The number of rotatable bonds is 7. The third-order valence-corrected chi connectivity index (χ3v) is 4.91. The molecule has 2 aromatic rings. The molecule has 2 atom stereocenters. The van der Waals surface area contributed by atoms with Crippen LogP contribution >= 0.6 is 0 Å². The van der Waals surface area contributed by atoms with Crippen LogP contribution < -0.4 is 10.1 Å². The second-order valence-corrected chi connectivity index (χ2v) is 7.50. The Morgan fingerprint density at radius 3 is 2.59 bits per heavy atom. The van der Waals surface area contributed by atoms with E-state index in [1.807, 2.05) is 26.0 Å². The van der Waals surface area contributed by atoms with Gasteiger partial charge in [0.15, 0.2) is 0 Å². The van der Waals surface area contributed by atoms with E-state index in [9.17, 15) is 0 Å². The molecule has 2 unspecified atom stereocenters. The Balaban J connectivity index is 1.82. The maximum atomic E-state index is 6.22. The first-order valence-corrected chi connectivity index (χ1v) is 9.32. The number of hydrogen-bond donors (Lipinski definition) is 1. The Morgan fingerprint density at radius 2 is 1.93 bits per heavy atom. The van der Waals surface area contributed by atoms with Crippen molar-refractivity contribution in [1.29, 1.82) is 0 Å². The molecule has 1 aliphatic heterocycles. The predicted octanol–water partition coefficient (Wildman–Crippen LogP) is 5.04. The van der Waals surface area contributed by atoms with E-state index >= 15 is 0 Å². The van der Waals surface area contributed by atoms with Gasteiger partial charge in [-0.2, -0.15) is 0 Å². The Labute approximate surface area is 162 Å². The minimum absolute atomic E-state index is 0.204. The standard InChI is InChI=1S/C23H29NO3/c1-6-13-26-22-21(25-5)19-14-18(11-12-20(19)27-23(22,3)4)24-15-17-9-7-16(2)8-10-17/h6-12,14,21-22,24H,1,13,15H2,2-5H3. The number of aryl methyl sites for hydroxylation is 1. The first-order chi connectivity index (χ1) is 12.9. The highest BCUT2D eigenvalue weighted by molar-refractivity contribution is 5.53. The van der Waals surface area contributed by atoms with Crippen molar-refractivity contribution in [1.82, 2.24) is 0 Å². The van der Waals surface area contributed by atoms with Gasteiger partial charge in [0.05, 0.1) is 6.61 Å². The van der Waals surface area contributed by atoms with Crippen molar-refractivity contribution < 1.29 is 14.2 Å². The number of fused-ring (bicyclic) bond motifs is 1. The van der Waals surface area contributed by atoms with Gasteiger partial charge in [-0.25, -0.2) is 0 Å². The van der Waals surface area contributed by atoms with Gasteiger partial charge in [0.1, 0.15) is 23.6 Å². The predicted molar refractivity (Wildman–Crippen MR) is 109 cm³/mol. The van der Waals surface area contributed by atoms with Gasteiger partial charge in [-0.3, -0.25) is 0 Å². The monoisotopic (exact) mass is 367 g/mol. The third kappa shape index (κ3) is 4.34. The molecule has 0 saturated heterocycles. The Hall–Kier alpha value is -2.30. The highest BCUT2D eigenvalue weighted by atomic mass is 16.6. The molecule has 1 heterocycles. The van der Waals surface area contributed by atoms with Gasteiger partial charge < -0.3 is 19.5 Å². The molecule has 0 radical (unpaired) electrons. The highest BCUT2D eigenvalue weighted by Gasteiger charge is 2.45. The summed E-state index contributed by atoms with van der Waals surface area (Å²) in [6.45, 7) is 11.1. The summed E-state index contributed by atoms with van der Waals surface area (Å²) in [7, 11) is 1.71. The maximum Gasteiger partial charge on any atom is 0.132 e. The molecule has 0 amide bonds. The largest absolute Gasteiger partial charge is 0.485 e. The molecule has 1 N–H and O–H groups in total. The normalized spacial score (nSPS) is 20.4. The lowest BCUT2D eigenvalue weighted by atomic mass is 9.88. The quantitative estimate of drug-likeness (QED) is 0.696. The number of hydrogen-bond acceptors (Lipinski definition) is 4. The van der Waals surface area contributed by atoms with Gasteiger partial charge in [0.25, 0.3) is 0 Å². The van der Waals surface area contributed by atoms with Crippen LogP contribution in [0, 0.1) is 6.92 Å². The van der Waals surface area contributed by atoms with Gasteiger partial charge in [0.2, 0.25) is 0 Å². The summed E-state index contributed by atoms with van der Waals surface area (Å²) in [5, 5.41) is 3.49. The number of benzene rings is 2. The Kier molecular flexibility index (Phi) is 5.88. The second-order valence-electron chi connectivity index (χ2n) is 7.50. The molecule has 0 fully saturated rings. The van der Waals surface area contributed by atoms with Gasteiger partial charge in [-0.15, -0.1) is 6.58 Å². The molecule has 4 nitrogen and oxygen atoms in total. The topological polar surface area (TPSA) is 39.7 Å². The summed E-state index contributed by atoms with van der Waals surface area (Å²) in [6, 6.07) is 14.7. The zero-order chi connectivity index (χ0) is 19.4. The number of methoxy groups -OCH3 is 1. The van der Waals surface area contributed by atoms with Gasteiger partial charge >= 0.3 is 0 Å². The molecule has 0 saturated carbocycles. The SMILES string of the molecule is C=CCOC1C(OC)c2cc(NCc3ccc(C)cc3)ccc2OC1(C)C. The van der Waals surface area contributed by atoms with Crippen LogP contribution in [0.3, 0.4) is 0 Å². The lowest BCUT2D eigenvalue weighted by Crippen LogP contribution is -2.50. The van der Waals surface area contributed by atoms with Crippen molar-refractivity contribution in [3.8, 4) is 5.75 Å². The highest BCUT2D eigenvalue weighted by Crippen LogP contribution is 2.44. The van der Waals surface area contributed by atoms with Crippen molar-refractivity contribution in [2.75, 3.05) is 19.0 Å². The van der Waals surface area contributed by atoms with E-state index in [1.54, 1.807) is 13.2 Å². The lowest BCUT2D eigenvalue weighted by molar-refractivity contribution is -0.148. The van der Waals surface area contributed by atoms with Crippen LogP contribution in [0.5, 0.6) is 5.75 Å². The summed E-state index contributed by atoms with van der Waals surface area (Å²) >= 11 is 0. The smallest absolute Gasteiger partial charge is 0.132 e. The summed E-state index contributed by atoms with van der Waals surface area (Å²) in [5.41, 5.74) is 4.04. The van der Waals surface area contributed by atoms with E-state index in [1.165, 1.54) is 11.1 Å². The Morgan fingerprint density at radius 1 is 1.19 bits per heavy atom. The molecule has 0 spiro atoms. The van der Waals surface area contributed by atoms with E-state index in [0.29, 0.717) is 6.61 Å². The van der Waals surface area contributed by atoms with Gasteiger partial charge in [0, 0.05) is 24.9 Å². The second kappa shape index (κ2) is 8.15. The number of anilines is 1. The average molecular weight is 367 g/mol. The molecule has 27 heavy (non-hydrogen) atoms. The molecular weight excluding hydrogens is 338 g/mol. The van der Waals surface area contributed by atoms with Crippen molar-refractivity contribution in [2.24, 2.45) is 0 Å². The molecule has 1 aliphatic rings. The molecule has 144 valence electrons. The third-order valence-electron chi connectivity index (χ3n) is 4.91. The zero-order valence-corrected chi connectivity index (χ0v) is 16.6. The van der Waals surface area contributed by atoms with Crippen LogP contribution in [0.4, 0.5) is 5.69 Å². The molecule has 4 heteroatoms. The van der Waals surface area contributed by atoms with Crippen molar-refractivity contribution >= 4 is 5.69 Å². The number of ether oxygens (including phenoxy) is 3. The first-order valence-electron chi connectivity index (χ1n) is 9.32. The molecular formula is C23H29NO3. The molecule has 2 aromatic carbocycles. The molecule has 0 bridgehead atoms. The summed E-state index contributed by atoms with van der Waals surface area (Å²) in [6.07, 6.45) is 1.32. The van der Waals surface area contributed by atoms with E-state index in [0.717, 1.165) is 23.5 Å². The van der Waals surface area contributed by atoms with E-state index in [2.05, 4.69) is 49.2 Å². The van der Waals surface area contributed by atoms with Crippen molar-refractivity contribution in [2.45, 2.75) is 45.1 Å². The van der Waals surface area contributed by atoms with Crippen LogP contribution in [0.15, 0.2) is 55.1 Å². The zero-order valence-electron chi connectivity index (χ0n) is 16.6. The van der Waals surface area contributed by atoms with Crippen molar-refractivity contribution in [3.63, 3.8) is 0 Å². The summed E-state index contributed by atoms with van der Waals surface area (Å²) in [4.78, 5) is 0. The van der Waals surface area contributed by atoms with E-state index in [4.69, 9.17) is 14.2 Å². The lowest BCUT2D eigenvalue weighted by Gasteiger charge is -2.43. The fourth-order valence-electron chi connectivity index (χ4n) is 3.46. The molecule has 0 aromatic heterocycles. The first kappa shape index (κ1) is 19.5. The average Bonchev–Trinajstić information content (AvgIpc) is 2.65.